The van der Waals surface area contributed by atoms with Crippen LogP contribution in [0.5, 0.6) is 0 Å². The van der Waals surface area contributed by atoms with Crippen LogP contribution in [0.1, 0.15) is 15.9 Å². The molecule has 1 N–H and O–H groups in total. The number of rotatable bonds is 6. The Labute approximate surface area is 182 Å². The summed E-state index contributed by atoms with van der Waals surface area (Å²) in [7, 11) is -2.08. The summed E-state index contributed by atoms with van der Waals surface area (Å²) in [4.78, 5) is 11.7. The monoisotopic (exact) mass is 431 g/mol. The van der Waals surface area contributed by atoms with Crippen molar-refractivity contribution in [2.45, 2.75) is 6.16 Å². The summed E-state index contributed by atoms with van der Waals surface area (Å²) in [5.74, 6) is -1.01. The summed E-state index contributed by atoms with van der Waals surface area (Å²) >= 11 is 6.14. The van der Waals surface area contributed by atoms with Gasteiger partial charge < -0.3 is 5.11 Å². The minimum Gasteiger partial charge on any atom is -0.478 e. The number of carbonyl (C=O) groups is 1. The van der Waals surface area contributed by atoms with Crippen LogP contribution in [0.3, 0.4) is 0 Å². The van der Waals surface area contributed by atoms with E-state index >= 15 is 0 Å². The Morgan fingerprint density at radius 1 is 0.700 bits per heavy atom. The molecular weight excluding hydrogens is 411 g/mol. The van der Waals surface area contributed by atoms with Gasteiger partial charge in [0.25, 0.3) is 0 Å². The van der Waals surface area contributed by atoms with E-state index in [9.17, 15) is 9.90 Å². The van der Waals surface area contributed by atoms with E-state index in [2.05, 4.69) is 72.8 Å². The zero-order chi connectivity index (χ0) is 21.0. The van der Waals surface area contributed by atoms with Gasteiger partial charge in [0.2, 0.25) is 0 Å². The fourth-order valence-corrected chi connectivity index (χ4v) is 8.31. The molecule has 148 valence electrons. The summed E-state index contributed by atoms with van der Waals surface area (Å²) in [6.07, 6.45) is 0.711. The van der Waals surface area contributed by atoms with Crippen LogP contribution in [0, 0.1) is 0 Å². The first kappa shape index (κ1) is 20.3. The Bertz CT molecular complexity index is 1050. The third kappa shape index (κ3) is 3.89. The lowest BCUT2D eigenvalue weighted by molar-refractivity contribution is 0.0697. The molecule has 0 aliphatic heterocycles. The van der Waals surface area contributed by atoms with Crippen LogP contribution in [-0.2, 0) is 6.16 Å². The molecule has 0 saturated heterocycles. The lowest BCUT2D eigenvalue weighted by atomic mass is 10.1. The highest BCUT2D eigenvalue weighted by molar-refractivity contribution is 7.95. The van der Waals surface area contributed by atoms with Crippen LogP contribution in [0.25, 0.3) is 0 Å². The molecule has 0 spiro atoms. The molecule has 0 amide bonds. The molecule has 0 aromatic heterocycles. The molecule has 4 rings (SSSR count). The molecule has 0 bridgehead atoms. The summed E-state index contributed by atoms with van der Waals surface area (Å²) in [6, 6.07) is 36.9. The third-order valence-electron chi connectivity index (χ3n) is 5.27. The maximum Gasteiger partial charge on any atom is 0.337 e. The van der Waals surface area contributed by atoms with Crippen molar-refractivity contribution in [2.24, 2.45) is 0 Å². The molecule has 0 aliphatic rings. The number of aromatic carboxylic acids is 1. The van der Waals surface area contributed by atoms with Crippen LogP contribution in [0.4, 0.5) is 0 Å². The van der Waals surface area contributed by atoms with Gasteiger partial charge in [0, 0.05) is 0 Å². The van der Waals surface area contributed by atoms with Gasteiger partial charge in [-0.25, -0.2) is 4.79 Å². The topological polar surface area (TPSA) is 37.3 Å². The fourth-order valence-electron chi connectivity index (χ4n) is 3.88. The predicted molar refractivity (Wildman–Crippen MR) is 127 cm³/mol. The van der Waals surface area contributed by atoms with Gasteiger partial charge in [0.15, 0.2) is 0 Å². The number of carboxylic acid groups (broad SMARTS) is 1. The average Bonchev–Trinajstić information content (AvgIpc) is 2.80. The molecule has 0 saturated carbocycles. The Morgan fingerprint density at radius 2 is 1.13 bits per heavy atom. The second-order valence-electron chi connectivity index (χ2n) is 7.09. The Kier molecular flexibility index (Phi) is 5.99. The highest BCUT2D eigenvalue weighted by Gasteiger charge is 2.45. The van der Waals surface area contributed by atoms with E-state index in [0.717, 1.165) is 5.56 Å². The fraction of sp³-hybridized carbons (Fsp3) is 0.0385. The van der Waals surface area contributed by atoms with Crippen molar-refractivity contribution in [3.05, 3.63) is 125 Å². The van der Waals surface area contributed by atoms with Crippen LogP contribution in [-0.4, -0.2) is 11.1 Å². The molecule has 4 aromatic rings. The van der Waals surface area contributed by atoms with Gasteiger partial charge in [-0.3, -0.25) is 0 Å². The number of hydrogen-bond acceptors (Lipinski definition) is 1. The van der Waals surface area contributed by atoms with Gasteiger partial charge in [-0.2, -0.15) is 0 Å². The van der Waals surface area contributed by atoms with Crippen molar-refractivity contribution >= 4 is 40.7 Å². The molecule has 30 heavy (non-hydrogen) atoms. The molecule has 0 heterocycles. The van der Waals surface area contributed by atoms with Crippen molar-refractivity contribution in [1.29, 1.82) is 0 Å². The lowest BCUT2D eigenvalue weighted by Crippen LogP contribution is -2.32. The molecule has 2 nitrogen and oxygen atoms in total. The predicted octanol–water partition coefficient (Wildman–Crippen LogP) is 5.53. The highest BCUT2D eigenvalue weighted by Crippen LogP contribution is 2.58. The second kappa shape index (κ2) is 8.83. The minimum absolute atomic E-state index is 0.140. The molecule has 0 unspecified atom stereocenters. The first-order chi connectivity index (χ1) is 14.6. The van der Waals surface area contributed by atoms with Gasteiger partial charge in [-0.1, -0.05) is 72.3 Å². The van der Waals surface area contributed by atoms with Crippen LogP contribution in [0.15, 0.2) is 109 Å². The number of halogens is 1. The zero-order valence-electron chi connectivity index (χ0n) is 16.3. The van der Waals surface area contributed by atoms with Crippen molar-refractivity contribution in [2.75, 3.05) is 0 Å². The summed E-state index contributed by atoms with van der Waals surface area (Å²) < 4.78 is 0. The van der Waals surface area contributed by atoms with Gasteiger partial charge in [0.05, 0.1) is 16.7 Å². The zero-order valence-corrected chi connectivity index (χ0v) is 17.9. The van der Waals surface area contributed by atoms with Gasteiger partial charge in [0.1, 0.15) is 23.2 Å². The molecule has 0 radical (unpaired) electrons. The first-order valence-electron chi connectivity index (χ1n) is 9.68. The highest BCUT2D eigenvalue weighted by atomic mass is 35.5. The second-order valence-corrected chi connectivity index (χ2v) is 11.0. The van der Waals surface area contributed by atoms with Gasteiger partial charge in [-0.05, 0) is 54.1 Å². The van der Waals surface area contributed by atoms with Gasteiger partial charge in [-0.15, -0.1) is 0 Å². The van der Waals surface area contributed by atoms with Crippen molar-refractivity contribution in [1.82, 2.24) is 0 Å². The first-order valence-corrected chi connectivity index (χ1v) is 12.0. The number of benzene rings is 4. The minimum atomic E-state index is -2.08. The average molecular weight is 432 g/mol. The van der Waals surface area contributed by atoms with E-state index in [0.29, 0.717) is 6.16 Å². The maximum absolute atomic E-state index is 11.7. The van der Waals surface area contributed by atoms with Crippen LogP contribution >= 0.6 is 18.9 Å². The molecule has 4 aromatic carbocycles. The molecule has 0 fully saturated rings. The van der Waals surface area contributed by atoms with E-state index in [1.807, 2.05) is 24.3 Å². The van der Waals surface area contributed by atoms with Crippen LogP contribution < -0.4 is 15.9 Å². The Hall–Kier alpha value is -2.93. The maximum atomic E-state index is 11.7. The third-order valence-corrected chi connectivity index (χ3v) is 9.98. The van der Waals surface area contributed by atoms with Crippen molar-refractivity contribution in [3.63, 3.8) is 0 Å². The standard InChI is InChI=1S/C26H20ClO2P/c27-25-17-16-20(18-24(25)26(28)29)19-30(21-10-4-1-5-11-21,22-12-6-2-7-13-22)23-14-8-3-9-15-23/h1-18H,19H2/p+1. The summed E-state index contributed by atoms with van der Waals surface area (Å²) in [6.45, 7) is 0. The van der Waals surface area contributed by atoms with Gasteiger partial charge >= 0.3 is 5.97 Å². The van der Waals surface area contributed by atoms with E-state index in [1.165, 1.54) is 15.9 Å². The number of hydrogen-bond donors (Lipinski definition) is 1. The quantitative estimate of drug-likeness (QED) is 0.407. The van der Waals surface area contributed by atoms with Crippen molar-refractivity contribution in [3.8, 4) is 0 Å². The molecule has 0 aliphatic carbocycles. The lowest BCUT2D eigenvalue weighted by Gasteiger charge is -2.28. The largest absolute Gasteiger partial charge is 0.478 e. The Morgan fingerprint density at radius 3 is 1.53 bits per heavy atom. The van der Waals surface area contributed by atoms with E-state index in [-0.39, 0.29) is 10.6 Å². The van der Waals surface area contributed by atoms with E-state index in [4.69, 9.17) is 11.6 Å². The molecular formula is C26H21ClO2P+. The van der Waals surface area contributed by atoms with E-state index < -0.39 is 13.2 Å². The summed E-state index contributed by atoms with van der Waals surface area (Å²) in [5.41, 5.74) is 1.10. The SMILES string of the molecule is O=C(O)c1cc(C[P+](c2ccccc2)(c2ccccc2)c2ccccc2)ccc1Cl. The molecule has 4 heteroatoms. The smallest absolute Gasteiger partial charge is 0.337 e. The molecule has 0 atom stereocenters. The van der Waals surface area contributed by atoms with E-state index in [1.54, 1.807) is 12.1 Å². The van der Waals surface area contributed by atoms with Crippen LogP contribution in [0.2, 0.25) is 5.02 Å². The van der Waals surface area contributed by atoms with Crippen molar-refractivity contribution < 1.29 is 9.90 Å². The Balaban J connectivity index is 1.98. The normalized spacial score (nSPS) is 11.2. The number of carboxylic acids is 1. The summed E-state index contributed by atoms with van der Waals surface area (Å²) in [5, 5.41) is 13.6.